The zero-order chi connectivity index (χ0) is 11.5. The van der Waals surface area contributed by atoms with E-state index < -0.39 is 0 Å². The molecule has 0 saturated heterocycles. The summed E-state index contributed by atoms with van der Waals surface area (Å²) in [5, 5.41) is 7.00. The Bertz CT molecular complexity index is 492. The van der Waals surface area contributed by atoms with Crippen molar-refractivity contribution in [1.29, 1.82) is 0 Å². The van der Waals surface area contributed by atoms with Crippen LogP contribution in [0.3, 0.4) is 0 Å². The minimum Gasteiger partial charge on any atom is -0.396 e. The molecule has 0 unspecified atom stereocenters. The highest BCUT2D eigenvalue weighted by Gasteiger charge is 2.04. The fraction of sp³-hybridized carbons (Fsp3) is 0.273. The van der Waals surface area contributed by atoms with E-state index >= 15 is 0 Å². The van der Waals surface area contributed by atoms with Crippen molar-refractivity contribution in [2.45, 2.75) is 20.4 Å². The number of pyridine rings is 1. The van der Waals surface area contributed by atoms with Crippen molar-refractivity contribution in [1.82, 2.24) is 10.1 Å². The standard InChI is InChI=1S/C11H14N4O/c1-7-3-4-13-11(10(7)12)14-6-9-5-8(2)16-15-9/h3-5H,6,12H2,1-2H3,(H,13,14). The minimum absolute atomic E-state index is 0.554. The molecule has 0 aliphatic rings. The molecule has 3 N–H and O–H groups in total. The van der Waals surface area contributed by atoms with E-state index in [0.29, 0.717) is 18.1 Å². The molecule has 0 fully saturated rings. The smallest absolute Gasteiger partial charge is 0.149 e. The van der Waals surface area contributed by atoms with Gasteiger partial charge < -0.3 is 15.6 Å². The van der Waals surface area contributed by atoms with Gasteiger partial charge >= 0.3 is 0 Å². The number of aryl methyl sites for hydroxylation is 2. The summed E-state index contributed by atoms with van der Waals surface area (Å²) in [4.78, 5) is 4.17. The van der Waals surface area contributed by atoms with Gasteiger partial charge in [0.05, 0.1) is 12.2 Å². The largest absolute Gasteiger partial charge is 0.396 e. The van der Waals surface area contributed by atoms with Crippen molar-refractivity contribution < 1.29 is 4.52 Å². The second-order valence-corrected chi connectivity index (χ2v) is 3.67. The summed E-state index contributed by atoms with van der Waals surface area (Å²) >= 11 is 0. The normalized spacial score (nSPS) is 10.4. The van der Waals surface area contributed by atoms with Gasteiger partial charge in [0.2, 0.25) is 0 Å². The summed E-state index contributed by atoms with van der Waals surface area (Å²) in [5.41, 5.74) is 8.39. The van der Waals surface area contributed by atoms with Crippen LogP contribution in [-0.4, -0.2) is 10.1 Å². The van der Waals surface area contributed by atoms with E-state index in [1.54, 1.807) is 6.20 Å². The minimum atomic E-state index is 0.554. The molecule has 0 bridgehead atoms. The van der Waals surface area contributed by atoms with Crippen LogP contribution in [0.15, 0.2) is 22.9 Å². The van der Waals surface area contributed by atoms with Crippen LogP contribution in [0.25, 0.3) is 0 Å². The van der Waals surface area contributed by atoms with E-state index in [0.717, 1.165) is 17.0 Å². The topological polar surface area (TPSA) is 77.0 Å². The van der Waals surface area contributed by atoms with E-state index in [1.807, 2.05) is 26.0 Å². The van der Waals surface area contributed by atoms with E-state index in [2.05, 4.69) is 15.5 Å². The number of anilines is 2. The third kappa shape index (κ3) is 2.13. The molecule has 2 aromatic heterocycles. The number of aromatic nitrogens is 2. The Morgan fingerprint density at radius 2 is 2.25 bits per heavy atom. The third-order valence-electron chi connectivity index (χ3n) is 2.32. The Balaban J connectivity index is 2.07. The lowest BCUT2D eigenvalue weighted by atomic mass is 10.2. The first-order valence-corrected chi connectivity index (χ1v) is 5.04. The first kappa shape index (κ1) is 10.5. The fourth-order valence-corrected chi connectivity index (χ4v) is 1.39. The maximum absolute atomic E-state index is 5.88. The first-order valence-electron chi connectivity index (χ1n) is 5.04. The summed E-state index contributed by atoms with van der Waals surface area (Å²) < 4.78 is 4.97. The molecule has 0 radical (unpaired) electrons. The van der Waals surface area contributed by atoms with Crippen LogP contribution < -0.4 is 11.1 Å². The van der Waals surface area contributed by atoms with Gasteiger partial charge in [-0.3, -0.25) is 0 Å². The highest BCUT2D eigenvalue weighted by atomic mass is 16.5. The molecule has 0 amide bonds. The second-order valence-electron chi connectivity index (χ2n) is 3.67. The molecule has 2 aromatic rings. The van der Waals surface area contributed by atoms with Crippen LogP contribution in [0, 0.1) is 13.8 Å². The van der Waals surface area contributed by atoms with E-state index in [4.69, 9.17) is 10.3 Å². The molecule has 16 heavy (non-hydrogen) atoms. The summed E-state index contributed by atoms with van der Waals surface area (Å²) in [6, 6.07) is 3.75. The monoisotopic (exact) mass is 218 g/mol. The second kappa shape index (κ2) is 4.22. The van der Waals surface area contributed by atoms with Gasteiger partial charge in [0.1, 0.15) is 17.3 Å². The van der Waals surface area contributed by atoms with E-state index in [-0.39, 0.29) is 0 Å². The van der Waals surface area contributed by atoms with Gasteiger partial charge in [0.25, 0.3) is 0 Å². The molecule has 5 heteroatoms. The van der Waals surface area contributed by atoms with Gasteiger partial charge in [-0.15, -0.1) is 0 Å². The highest BCUT2D eigenvalue weighted by molar-refractivity contribution is 5.64. The third-order valence-corrected chi connectivity index (χ3v) is 2.32. The van der Waals surface area contributed by atoms with Crippen molar-refractivity contribution in [3.8, 4) is 0 Å². The number of hydrogen-bond acceptors (Lipinski definition) is 5. The number of nitrogens with zero attached hydrogens (tertiary/aromatic N) is 2. The predicted molar refractivity (Wildman–Crippen MR) is 62.0 cm³/mol. The van der Waals surface area contributed by atoms with Gasteiger partial charge in [-0.2, -0.15) is 0 Å². The summed E-state index contributed by atoms with van der Waals surface area (Å²) in [6.07, 6.45) is 1.72. The van der Waals surface area contributed by atoms with Crippen LogP contribution in [0.2, 0.25) is 0 Å². The van der Waals surface area contributed by atoms with Gasteiger partial charge in [-0.05, 0) is 25.5 Å². The number of nitrogens with one attached hydrogen (secondary N) is 1. The van der Waals surface area contributed by atoms with Gasteiger partial charge in [-0.1, -0.05) is 5.16 Å². The Morgan fingerprint density at radius 3 is 2.94 bits per heavy atom. The lowest BCUT2D eigenvalue weighted by Crippen LogP contribution is -2.05. The van der Waals surface area contributed by atoms with Crippen LogP contribution >= 0.6 is 0 Å². The molecule has 0 spiro atoms. The molecule has 5 nitrogen and oxygen atoms in total. The average Bonchev–Trinajstić information content (AvgIpc) is 2.67. The van der Waals surface area contributed by atoms with Gasteiger partial charge in [-0.25, -0.2) is 4.98 Å². The summed E-state index contributed by atoms with van der Waals surface area (Å²) in [7, 11) is 0. The maximum atomic E-state index is 5.88. The van der Waals surface area contributed by atoms with Crippen molar-refractivity contribution in [2.24, 2.45) is 0 Å². The lowest BCUT2D eigenvalue weighted by molar-refractivity contribution is 0.391. The van der Waals surface area contributed by atoms with Gasteiger partial charge in [0.15, 0.2) is 0 Å². The molecule has 2 heterocycles. The quantitative estimate of drug-likeness (QED) is 0.822. The van der Waals surface area contributed by atoms with Crippen molar-refractivity contribution >= 4 is 11.5 Å². The van der Waals surface area contributed by atoms with Crippen LogP contribution in [0.5, 0.6) is 0 Å². The number of nitrogens with two attached hydrogens (primary N) is 1. The molecule has 84 valence electrons. The van der Waals surface area contributed by atoms with Crippen molar-refractivity contribution in [3.63, 3.8) is 0 Å². The first-order chi connectivity index (χ1) is 7.66. The fourth-order valence-electron chi connectivity index (χ4n) is 1.39. The average molecular weight is 218 g/mol. The lowest BCUT2D eigenvalue weighted by Gasteiger charge is -2.07. The number of nitrogen functional groups attached to an aromatic ring is 1. The van der Waals surface area contributed by atoms with Crippen LogP contribution in [0.4, 0.5) is 11.5 Å². The molecule has 0 aromatic carbocycles. The number of hydrogen-bond donors (Lipinski definition) is 2. The molecule has 0 aliphatic carbocycles. The molecule has 2 rings (SSSR count). The molecular formula is C11H14N4O. The van der Waals surface area contributed by atoms with Crippen molar-refractivity contribution in [2.75, 3.05) is 11.1 Å². The number of rotatable bonds is 3. The molecule has 0 atom stereocenters. The Morgan fingerprint density at radius 1 is 1.44 bits per heavy atom. The molecule has 0 aliphatic heterocycles. The Labute approximate surface area is 93.7 Å². The Kier molecular flexibility index (Phi) is 2.76. The predicted octanol–water partition coefficient (Wildman–Crippen LogP) is 1.88. The van der Waals surface area contributed by atoms with E-state index in [9.17, 15) is 0 Å². The Hall–Kier alpha value is -2.04. The zero-order valence-electron chi connectivity index (χ0n) is 9.32. The van der Waals surface area contributed by atoms with Crippen LogP contribution in [-0.2, 0) is 6.54 Å². The van der Waals surface area contributed by atoms with E-state index in [1.165, 1.54) is 0 Å². The van der Waals surface area contributed by atoms with Gasteiger partial charge in [0, 0.05) is 12.3 Å². The maximum Gasteiger partial charge on any atom is 0.149 e. The van der Waals surface area contributed by atoms with Crippen molar-refractivity contribution in [3.05, 3.63) is 35.3 Å². The summed E-state index contributed by atoms with van der Waals surface area (Å²) in [5.74, 6) is 1.47. The zero-order valence-corrected chi connectivity index (χ0v) is 9.32. The van der Waals surface area contributed by atoms with Crippen LogP contribution in [0.1, 0.15) is 17.0 Å². The molecule has 0 saturated carbocycles. The highest BCUT2D eigenvalue weighted by Crippen LogP contribution is 2.19. The molecular weight excluding hydrogens is 204 g/mol. The summed E-state index contributed by atoms with van der Waals surface area (Å²) in [6.45, 7) is 4.36. The SMILES string of the molecule is Cc1cc(CNc2nccc(C)c2N)no1.